The van der Waals surface area contributed by atoms with Crippen molar-refractivity contribution in [3.8, 4) is 0 Å². The van der Waals surface area contributed by atoms with Crippen molar-refractivity contribution in [2.75, 3.05) is 11.4 Å². The molecule has 0 radical (unpaired) electrons. The SMILES string of the molecule is CC1c2ncc(CNC(=O)C3CC3)n2CCN1c1ncccn1. The molecule has 1 aliphatic carbocycles. The molecule has 0 bridgehead atoms. The first-order valence-corrected chi connectivity index (χ1v) is 8.09. The number of nitrogens with zero attached hydrogens (tertiary/aromatic N) is 5. The molecule has 0 saturated heterocycles. The van der Waals surface area contributed by atoms with Crippen LogP contribution in [0.2, 0.25) is 0 Å². The van der Waals surface area contributed by atoms with Gasteiger partial charge in [0.15, 0.2) is 0 Å². The van der Waals surface area contributed by atoms with Crippen LogP contribution in [0.5, 0.6) is 0 Å². The van der Waals surface area contributed by atoms with Gasteiger partial charge in [-0.05, 0) is 25.8 Å². The van der Waals surface area contributed by atoms with E-state index in [-0.39, 0.29) is 17.9 Å². The van der Waals surface area contributed by atoms with Gasteiger partial charge >= 0.3 is 0 Å². The average Bonchev–Trinajstić information content (AvgIpc) is 3.35. The molecular formula is C16H20N6O. The Hall–Kier alpha value is -2.44. The molecule has 1 N–H and O–H groups in total. The van der Waals surface area contributed by atoms with E-state index in [1.165, 1.54) is 0 Å². The predicted octanol–water partition coefficient (Wildman–Crippen LogP) is 1.28. The van der Waals surface area contributed by atoms with Crippen molar-refractivity contribution in [1.29, 1.82) is 0 Å². The van der Waals surface area contributed by atoms with Crippen molar-refractivity contribution < 1.29 is 4.79 Å². The second kappa shape index (κ2) is 5.64. The van der Waals surface area contributed by atoms with E-state index in [0.29, 0.717) is 6.54 Å². The normalized spacial score (nSPS) is 20.2. The van der Waals surface area contributed by atoms with Crippen LogP contribution in [-0.4, -0.2) is 32.0 Å². The van der Waals surface area contributed by atoms with Crippen LogP contribution in [0.4, 0.5) is 5.95 Å². The Kier molecular flexibility index (Phi) is 3.48. The maximum atomic E-state index is 11.8. The summed E-state index contributed by atoms with van der Waals surface area (Å²) in [4.78, 5) is 27.2. The number of carbonyl (C=O) groups is 1. The van der Waals surface area contributed by atoms with Crippen LogP contribution >= 0.6 is 0 Å². The minimum atomic E-state index is 0.110. The minimum Gasteiger partial charge on any atom is -0.350 e. The molecule has 1 saturated carbocycles. The maximum Gasteiger partial charge on any atom is 0.225 e. The van der Waals surface area contributed by atoms with Gasteiger partial charge in [0.2, 0.25) is 11.9 Å². The molecular weight excluding hydrogens is 292 g/mol. The van der Waals surface area contributed by atoms with Gasteiger partial charge in [-0.3, -0.25) is 4.79 Å². The number of hydrogen-bond donors (Lipinski definition) is 1. The first kappa shape index (κ1) is 14.2. The van der Waals surface area contributed by atoms with Gasteiger partial charge in [0, 0.05) is 31.4 Å². The molecule has 1 fully saturated rings. The summed E-state index contributed by atoms with van der Waals surface area (Å²) >= 11 is 0. The smallest absolute Gasteiger partial charge is 0.225 e. The molecule has 1 atom stereocenters. The zero-order valence-corrected chi connectivity index (χ0v) is 13.1. The lowest BCUT2D eigenvalue weighted by molar-refractivity contribution is -0.122. The molecule has 1 amide bonds. The Bertz CT molecular complexity index is 709. The Balaban J connectivity index is 1.50. The lowest BCUT2D eigenvalue weighted by atomic mass is 10.2. The summed E-state index contributed by atoms with van der Waals surface area (Å²) in [6.45, 7) is 4.32. The third-order valence-corrected chi connectivity index (χ3v) is 4.58. The molecule has 1 unspecified atom stereocenters. The monoisotopic (exact) mass is 312 g/mol. The fraction of sp³-hybridized carbons (Fsp3) is 0.500. The van der Waals surface area contributed by atoms with Gasteiger partial charge in [0.1, 0.15) is 5.82 Å². The fourth-order valence-electron chi connectivity index (χ4n) is 3.08. The molecule has 4 rings (SSSR count). The molecule has 7 nitrogen and oxygen atoms in total. The lowest BCUT2D eigenvalue weighted by Crippen LogP contribution is -2.39. The highest BCUT2D eigenvalue weighted by atomic mass is 16.2. The summed E-state index contributed by atoms with van der Waals surface area (Å²) in [6, 6.07) is 1.93. The number of carbonyl (C=O) groups excluding carboxylic acids is 1. The maximum absolute atomic E-state index is 11.8. The number of rotatable bonds is 4. The number of aromatic nitrogens is 4. The molecule has 2 aliphatic rings. The van der Waals surface area contributed by atoms with Gasteiger partial charge < -0.3 is 14.8 Å². The van der Waals surface area contributed by atoms with Crippen molar-refractivity contribution in [2.45, 2.75) is 38.9 Å². The second-order valence-electron chi connectivity index (χ2n) is 6.17. The quantitative estimate of drug-likeness (QED) is 0.920. The van der Waals surface area contributed by atoms with Crippen LogP contribution in [0.1, 0.15) is 37.3 Å². The van der Waals surface area contributed by atoms with Gasteiger partial charge in [0.25, 0.3) is 0 Å². The second-order valence-corrected chi connectivity index (χ2v) is 6.17. The number of hydrogen-bond acceptors (Lipinski definition) is 5. The van der Waals surface area contributed by atoms with Crippen LogP contribution in [0.3, 0.4) is 0 Å². The molecule has 7 heteroatoms. The van der Waals surface area contributed by atoms with Crippen molar-refractivity contribution in [3.63, 3.8) is 0 Å². The summed E-state index contributed by atoms with van der Waals surface area (Å²) in [5.74, 6) is 2.14. The van der Waals surface area contributed by atoms with E-state index < -0.39 is 0 Å². The van der Waals surface area contributed by atoms with Crippen LogP contribution < -0.4 is 10.2 Å². The van der Waals surface area contributed by atoms with E-state index >= 15 is 0 Å². The molecule has 0 aromatic carbocycles. The number of nitrogens with one attached hydrogen (secondary N) is 1. The number of imidazole rings is 1. The summed E-state index contributed by atoms with van der Waals surface area (Å²) in [5.41, 5.74) is 1.06. The van der Waals surface area contributed by atoms with Crippen molar-refractivity contribution in [2.24, 2.45) is 5.92 Å². The summed E-state index contributed by atoms with van der Waals surface area (Å²) in [7, 11) is 0. The van der Waals surface area contributed by atoms with Crippen LogP contribution in [0.25, 0.3) is 0 Å². The van der Waals surface area contributed by atoms with Crippen molar-refractivity contribution >= 4 is 11.9 Å². The molecule has 23 heavy (non-hydrogen) atoms. The van der Waals surface area contributed by atoms with Crippen LogP contribution in [-0.2, 0) is 17.9 Å². The molecule has 2 aromatic heterocycles. The zero-order valence-electron chi connectivity index (χ0n) is 13.1. The highest BCUT2D eigenvalue weighted by Gasteiger charge is 2.31. The summed E-state index contributed by atoms with van der Waals surface area (Å²) in [5, 5.41) is 3.02. The van der Waals surface area contributed by atoms with Crippen molar-refractivity contribution in [1.82, 2.24) is 24.8 Å². The topological polar surface area (TPSA) is 75.9 Å². The average molecular weight is 312 g/mol. The summed E-state index contributed by atoms with van der Waals surface area (Å²) in [6.07, 6.45) is 7.44. The predicted molar refractivity (Wildman–Crippen MR) is 84.6 cm³/mol. The largest absolute Gasteiger partial charge is 0.350 e. The highest BCUT2D eigenvalue weighted by Crippen LogP contribution is 2.30. The van der Waals surface area contributed by atoms with Gasteiger partial charge in [-0.1, -0.05) is 0 Å². The van der Waals surface area contributed by atoms with Crippen molar-refractivity contribution in [3.05, 3.63) is 36.2 Å². The van der Waals surface area contributed by atoms with Gasteiger partial charge in [-0.25, -0.2) is 15.0 Å². The molecule has 2 aromatic rings. The van der Waals surface area contributed by atoms with E-state index in [0.717, 1.165) is 43.4 Å². The Labute approximate surface area is 134 Å². The highest BCUT2D eigenvalue weighted by molar-refractivity contribution is 5.80. The van der Waals surface area contributed by atoms with Crippen LogP contribution in [0.15, 0.2) is 24.7 Å². The summed E-state index contributed by atoms with van der Waals surface area (Å²) < 4.78 is 2.21. The third kappa shape index (κ3) is 2.67. The van der Waals surface area contributed by atoms with Gasteiger partial charge in [-0.2, -0.15) is 0 Å². The molecule has 0 spiro atoms. The van der Waals surface area contributed by atoms with E-state index in [2.05, 4.69) is 36.7 Å². The first-order valence-electron chi connectivity index (χ1n) is 8.09. The number of fused-ring (bicyclic) bond motifs is 1. The first-order chi connectivity index (χ1) is 11.2. The van der Waals surface area contributed by atoms with E-state index in [1.807, 2.05) is 12.3 Å². The minimum absolute atomic E-state index is 0.110. The molecule has 1 aliphatic heterocycles. The lowest BCUT2D eigenvalue weighted by Gasteiger charge is -2.34. The zero-order chi connectivity index (χ0) is 15.8. The Morgan fingerprint density at radius 2 is 2.04 bits per heavy atom. The van der Waals surface area contributed by atoms with E-state index in [4.69, 9.17) is 0 Å². The molecule has 3 heterocycles. The van der Waals surface area contributed by atoms with Gasteiger partial charge in [0.05, 0.1) is 24.5 Å². The third-order valence-electron chi connectivity index (χ3n) is 4.58. The Morgan fingerprint density at radius 1 is 1.26 bits per heavy atom. The van der Waals surface area contributed by atoms with E-state index in [9.17, 15) is 4.79 Å². The Morgan fingerprint density at radius 3 is 2.78 bits per heavy atom. The van der Waals surface area contributed by atoms with Gasteiger partial charge in [-0.15, -0.1) is 0 Å². The number of anilines is 1. The fourth-order valence-corrected chi connectivity index (χ4v) is 3.08. The standard InChI is InChI=1S/C16H20N6O/c1-11-14-19-9-13(10-20-15(23)12-3-4-12)22(14)8-7-21(11)16-17-5-2-6-18-16/h2,5-6,9,11-12H,3-4,7-8,10H2,1H3,(H,20,23). The number of amides is 1. The van der Waals surface area contributed by atoms with E-state index in [1.54, 1.807) is 12.4 Å². The van der Waals surface area contributed by atoms with Crippen LogP contribution in [0, 0.1) is 5.92 Å². The molecule has 120 valence electrons.